The smallest absolute Gasteiger partial charge is 0.264 e. The minimum Gasteiger partial charge on any atom is -0.309 e. The van der Waals surface area contributed by atoms with Crippen LogP contribution in [0.1, 0.15) is 0 Å². The molecular weight excluding hydrogens is 1010 g/mol. The molecule has 0 spiro atoms. The van der Waals surface area contributed by atoms with Gasteiger partial charge in [0.1, 0.15) is 0 Å². The molecule has 0 aliphatic carbocycles. The SMILES string of the molecule is c1ccc(-c2cc(-c3ccccc3)c3c(c2)N2c4cccc5c4B(c4cccc(c42)S3)c2sc3c4c2N5c2ccccc2N4c2cccc4c2B3c2cccc3c2N4c2cc(-c4ccccc4)cc(-c4ccccc4)c2S3)cc1. The molecule has 7 aliphatic rings. The van der Waals surface area contributed by atoms with Gasteiger partial charge in [-0.2, -0.15) is 11.3 Å². The molecule has 0 saturated carbocycles. The van der Waals surface area contributed by atoms with Crippen LogP contribution >= 0.6 is 34.9 Å². The minimum atomic E-state index is 0.0158. The number of hydrogen-bond acceptors (Lipinski definition) is 7. The second-order valence-corrected chi connectivity index (χ2v) is 24.6. The Balaban J connectivity index is 0.858. The molecule has 1 aromatic heterocycles. The maximum absolute atomic E-state index is 2.66. The van der Waals surface area contributed by atoms with Crippen molar-refractivity contribution in [1.82, 2.24) is 0 Å². The second kappa shape index (κ2) is 15.9. The lowest BCUT2D eigenvalue weighted by molar-refractivity contribution is 1.15. The fourth-order valence-electron chi connectivity index (χ4n) is 14.3. The maximum atomic E-state index is 2.66. The van der Waals surface area contributed by atoms with E-state index in [9.17, 15) is 0 Å². The molecule has 0 radical (unpaired) electrons. The van der Waals surface area contributed by atoms with E-state index in [1.165, 1.54) is 164 Å². The van der Waals surface area contributed by atoms with Gasteiger partial charge in [0.25, 0.3) is 13.4 Å². The number of nitrogens with zero attached hydrogens (tertiary/aromatic N) is 4. The van der Waals surface area contributed by atoms with Gasteiger partial charge < -0.3 is 19.6 Å². The van der Waals surface area contributed by atoms with Crippen LogP contribution in [0.4, 0.5) is 68.2 Å². The highest BCUT2D eigenvalue weighted by atomic mass is 32.2. The van der Waals surface area contributed by atoms with E-state index in [1.807, 2.05) is 23.5 Å². The summed E-state index contributed by atoms with van der Waals surface area (Å²) in [6.45, 7) is 0.0315. The van der Waals surface area contributed by atoms with Crippen molar-refractivity contribution in [1.29, 1.82) is 0 Å². The molecule has 0 saturated heterocycles. The topological polar surface area (TPSA) is 13.0 Å². The van der Waals surface area contributed by atoms with Crippen LogP contribution in [0.2, 0.25) is 0 Å². The van der Waals surface area contributed by atoms with Gasteiger partial charge in [-0.1, -0.05) is 193 Å². The monoisotopic (exact) mass is 1050 g/mol. The van der Waals surface area contributed by atoms with Gasteiger partial charge in [-0.3, -0.25) is 0 Å². The lowest BCUT2D eigenvalue weighted by atomic mass is 9.35. The maximum Gasteiger partial charge on any atom is 0.264 e. The van der Waals surface area contributed by atoms with Crippen molar-refractivity contribution < 1.29 is 0 Å². The number of fused-ring (bicyclic) bond motifs is 15. The first-order valence-corrected chi connectivity index (χ1v) is 29.6. The third-order valence-electron chi connectivity index (χ3n) is 17.5. The largest absolute Gasteiger partial charge is 0.309 e. The first-order chi connectivity index (χ1) is 39.2. The van der Waals surface area contributed by atoms with E-state index < -0.39 is 0 Å². The van der Waals surface area contributed by atoms with Gasteiger partial charge in [-0.05, 0) is 139 Å². The van der Waals surface area contributed by atoms with E-state index in [0.717, 1.165) is 0 Å². The van der Waals surface area contributed by atoms with Crippen molar-refractivity contribution in [2.24, 2.45) is 0 Å². The summed E-state index contributed by atoms with van der Waals surface area (Å²) in [5, 5.41) is 0. The van der Waals surface area contributed by atoms with Crippen molar-refractivity contribution >= 4 is 148 Å². The van der Waals surface area contributed by atoms with Crippen LogP contribution in [-0.2, 0) is 0 Å². The Hall–Kier alpha value is -8.85. The van der Waals surface area contributed by atoms with Crippen molar-refractivity contribution in [2.45, 2.75) is 19.6 Å². The summed E-state index contributed by atoms with van der Waals surface area (Å²) < 4.78 is 2.83. The lowest BCUT2D eigenvalue weighted by Gasteiger charge is -2.50. The molecule has 0 amide bonds. The van der Waals surface area contributed by atoms with Crippen molar-refractivity contribution in [3.05, 3.63) is 243 Å². The van der Waals surface area contributed by atoms with Crippen molar-refractivity contribution in [2.75, 3.05) is 19.6 Å². The molecule has 0 atom stereocenters. The lowest BCUT2D eigenvalue weighted by Crippen LogP contribution is -2.61. The average molecular weight is 1050 g/mol. The van der Waals surface area contributed by atoms with E-state index in [2.05, 4.69) is 274 Å². The quantitative estimate of drug-likeness (QED) is 0.162. The summed E-state index contributed by atoms with van der Waals surface area (Å²) in [4.78, 5) is 15.7. The Kier molecular flexibility index (Phi) is 8.68. The zero-order valence-corrected chi connectivity index (χ0v) is 44.7. The highest BCUT2D eigenvalue weighted by Gasteiger charge is 2.55. The third kappa shape index (κ3) is 5.69. The zero-order chi connectivity index (χ0) is 51.2. The summed E-state index contributed by atoms with van der Waals surface area (Å²) in [6, 6.07) is 91.2. The van der Waals surface area contributed by atoms with Gasteiger partial charge in [-0.25, -0.2) is 0 Å². The van der Waals surface area contributed by atoms with Crippen LogP contribution in [0.15, 0.2) is 262 Å². The van der Waals surface area contributed by atoms with Gasteiger partial charge in [0.15, 0.2) is 0 Å². The second-order valence-electron chi connectivity index (χ2n) is 21.4. The first kappa shape index (κ1) is 43.2. The molecule has 7 aliphatic heterocycles. The Labute approximate surface area is 471 Å². The Morgan fingerprint density at radius 3 is 1.01 bits per heavy atom. The average Bonchev–Trinajstić information content (AvgIpc) is 3.95. The molecule has 0 bridgehead atoms. The van der Waals surface area contributed by atoms with E-state index in [1.54, 1.807) is 0 Å². The van der Waals surface area contributed by atoms with Crippen LogP contribution < -0.4 is 51.0 Å². The molecule has 11 aromatic carbocycles. The summed E-state index contributed by atoms with van der Waals surface area (Å²) in [5.74, 6) is 0. The van der Waals surface area contributed by atoms with Gasteiger partial charge in [0, 0.05) is 51.9 Å². The zero-order valence-electron chi connectivity index (χ0n) is 42.3. The Morgan fingerprint density at radius 1 is 0.266 bits per heavy atom. The molecule has 0 unspecified atom stereocenters. The minimum absolute atomic E-state index is 0.0158. The number of anilines is 12. The molecule has 9 heteroatoms. The predicted octanol–water partition coefficient (Wildman–Crippen LogP) is 15.8. The fraction of sp³-hybridized carbons (Fsp3) is 0. The van der Waals surface area contributed by atoms with Crippen LogP contribution in [0, 0.1) is 0 Å². The molecule has 12 aromatic rings. The van der Waals surface area contributed by atoms with Crippen molar-refractivity contribution in [3.63, 3.8) is 0 Å². The molecular formula is C70H40B2N4S3. The number of rotatable bonds is 4. The van der Waals surface area contributed by atoms with E-state index in [0.29, 0.717) is 0 Å². The molecule has 0 fully saturated rings. The van der Waals surface area contributed by atoms with Crippen LogP contribution in [0.25, 0.3) is 44.5 Å². The van der Waals surface area contributed by atoms with Crippen LogP contribution in [0.5, 0.6) is 0 Å². The van der Waals surface area contributed by atoms with E-state index in [4.69, 9.17) is 0 Å². The van der Waals surface area contributed by atoms with E-state index >= 15 is 0 Å². The summed E-state index contributed by atoms with van der Waals surface area (Å²) in [5.41, 5.74) is 30.4. The molecule has 0 N–H and O–H groups in total. The fourth-order valence-corrected chi connectivity index (χ4v) is 18.3. The van der Waals surface area contributed by atoms with Crippen LogP contribution in [-0.4, -0.2) is 13.4 Å². The Morgan fingerprint density at radius 2 is 0.608 bits per heavy atom. The molecule has 19 rings (SSSR count). The summed E-state index contributed by atoms with van der Waals surface area (Å²) in [6.07, 6.45) is 0. The Bertz CT molecular complexity index is 4370. The highest BCUT2D eigenvalue weighted by Crippen LogP contribution is 2.62. The number of para-hydroxylation sites is 4. The molecule has 79 heavy (non-hydrogen) atoms. The standard InChI is InChI=1S/C70H40B2N4S3/c1-5-19-41(20-6-1)45-37-47(43-23-9-3-10-24-43)67-57(39-45)75-55-33-17-31-53-61(55)71(49-27-15-35-59(77-67)63(49)75)69-65-66-70(79-69)72-50-28-16-36-60-64(50)76(56-34-18-32-54(62(56)72)74(66)52-30-14-13-29-51(52)73(53)65)58-40-46(42-21-7-2-8-22-42)38-48(68(58)78-60)44-25-11-4-12-26-44/h1-40H. The molecule has 364 valence electrons. The third-order valence-corrected chi connectivity index (χ3v) is 21.1. The van der Waals surface area contributed by atoms with Gasteiger partial charge >= 0.3 is 0 Å². The van der Waals surface area contributed by atoms with Gasteiger partial charge in [0.2, 0.25) is 0 Å². The number of hydrogen-bond donors (Lipinski definition) is 0. The van der Waals surface area contributed by atoms with Crippen molar-refractivity contribution in [3.8, 4) is 44.5 Å². The van der Waals surface area contributed by atoms with Crippen LogP contribution in [0.3, 0.4) is 0 Å². The molecule has 8 heterocycles. The van der Waals surface area contributed by atoms with Gasteiger partial charge in [-0.15, -0.1) is 0 Å². The summed E-state index contributed by atoms with van der Waals surface area (Å²) in [7, 11) is 0. The normalized spacial score (nSPS) is 14.3. The van der Waals surface area contributed by atoms with E-state index in [-0.39, 0.29) is 13.4 Å². The predicted molar refractivity (Wildman–Crippen MR) is 336 cm³/mol. The number of thiophene rings is 1. The first-order valence-electron chi connectivity index (χ1n) is 27.1. The highest BCUT2D eigenvalue weighted by molar-refractivity contribution is 8.00. The number of benzene rings is 11. The summed E-state index contributed by atoms with van der Waals surface area (Å²) >= 11 is 5.93. The van der Waals surface area contributed by atoms with Gasteiger partial charge in [0.05, 0.1) is 45.5 Å². The molecule has 4 nitrogen and oxygen atoms in total.